The van der Waals surface area contributed by atoms with Crippen LogP contribution in [-0.2, 0) is 0 Å². The van der Waals surface area contributed by atoms with E-state index in [1.165, 1.54) is 77.0 Å². The van der Waals surface area contributed by atoms with Gasteiger partial charge in [-0.15, -0.1) is 0 Å². The molecule has 168 valence electrons. The lowest BCUT2D eigenvalue weighted by Gasteiger charge is -2.64. The third-order valence-corrected chi connectivity index (χ3v) is 13.3. The Morgan fingerprint density at radius 2 is 1.62 bits per heavy atom. The molecular weight excluding hydrogens is 484 g/mol. The fraction of sp³-hybridized carbons (Fsp3) is 1.00. The minimum atomic E-state index is 0.392. The zero-order chi connectivity index (χ0) is 21.0. The van der Waals surface area contributed by atoms with Crippen molar-refractivity contribution in [3.8, 4) is 0 Å². The smallest absolute Gasteiger partial charge is 0.0325 e. The molecule has 0 radical (unpaired) electrons. The lowest BCUT2D eigenvalue weighted by molar-refractivity contribution is -0.0999. The normalized spacial score (nSPS) is 50.7. The van der Waals surface area contributed by atoms with Gasteiger partial charge in [0, 0.05) is 9.15 Å². The number of fused-ring (bicyclic) bond motifs is 5. The number of hydrogen-bond acceptors (Lipinski definition) is 0. The van der Waals surface area contributed by atoms with Gasteiger partial charge < -0.3 is 0 Å². The molecule has 0 aromatic rings. The fourth-order valence-corrected chi connectivity index (χ4v) is 11.5. The third kappa shape index (κ3) is 3.85. The fourth-order valence-electron chi connectivity index (χ4n) is 9.17. The molecule has 0 nitrogen and oxygen atoms in total. The van der Waals surface area contributed by atoms with Crippen molar-refractivity contribution >= 4 is 31.9 Å². The van der Waals surface area contributed by atoms with E-state index in [0.717, 1.165) is 40.3 Å². The number of hydrogen-bond donors (Lipinski definition) is 0. The van der Waals surface area contributed by atoms with E-state index in [-0.39, 0.29) is 0 Å². The molecule has 4 saturated carbocycles. The average molecular weight is 530 g/mol. The lowest BCUT2D eigenvalue weighted by atomic mass is 9.44. The number of alkyl halides is 2. The molecule has 0 bridgehead atoms. The zero-order valence-electron chi connectivity index (χ0n) is 19.8. The van der Waals surface area contributed by atoms with Crippen LogP contribution in [0.3, 0.4) is 0 Å². The molecule has 0 saturated heterocycles. The van der Waals surface area contributed by atoms with Gasteiger partial charge in [-0.05, 0) is 104 Å². The van der Waals surface area contributed by atoms with Gasteiger partial charge >= 0.3 is 0 Å². The highest BCUT2D eigenvalue weighted by Gasteiger charge is 2.64. The summed E-state index contributed by atoms with van der Waals surface area (Å²) < 4.78 is 0.392. The SMILES string of the molecule is CC(C)CCCC(C)C1CCC2C3CCC4(Br)CC(Br)CCC4(C)C3CCC12C. The van der Waals surface area contributed by atoms with Crippen LogP contribution in [0.5, 0.6) is 0 Å². The van der Waals surface area contributed by atoms with Crippen LogP contribution >= 0.6 is 31.9 Å². The summed E-state index contributed by atoms with van der Waals surface area (Å²) in [7, 11) is 0. The Labute approximate surface area is 198 Å². The summed E-state index contributed by atoms with van der Waals surface area (Å²) >= 11 is 8.34. The first kappa shape index (κ1) is 23.1. The Hall–Kier alpha value is 0.960. The van der Waals surface area contributed by atoms with E-state index >= 15 is 0 Å². The van der Waals surface area contributed by atoms with E-state index in [2.05, 4.69) is 66.5 Å². The molecule has 2 heteroatoms. The predicted molar refractivity (Wildman–Crippen MR) is 134 cm³/mol. The van der Waals surface area contributed by atoms with Gasteiger partial charge in [0.05, 0.1) is 0 Å². The largest absolute Gasteiger partial charge is 0.0890 e. The second kappa shape index (κ2) is 8.39. The summed E-state index contributed by atoms with van der Waals surface area (Å²) in [6.07, 6.45) is 17.4. The molecule has 0 aromatic carbocycles. The summed E-state index contributed by atoms with van der Waals surface area (Å²) in [5.41, 5.74) is 1.15. The summed E-state index contributed by atoms with van der Waals surface area (Å²) in [5.74, 6) is 5.76. The van der Waals surface area contributed by atoms with Crippen LogP contribution < -0.4 is 0 Å². The van der Waals surface area contributed by atoms with Crippen molar-refractivity contribution in [2.45, 2.75) is 121 Å². The molecule has 0 spiro atoms. The second-order valence-corrected chi connectivity index (χ2v) is 15.5. The lowest BCUT2D eigenvalue weighted by Crippen LogP contribution is -2.59. The Kier molecular flexibility index (Phi) is 6.69. The first-order valence-corrected chi connectivity index (χ1v) is 14.6. The minimum Gasteiger partial charge on any atom is -0.0890 e. The standard InChI is InChI=1S/C27H46Br2/c1-18(2)7-6-8-19(3)22-9-10-23-21-12-16-27(29)17-20(28)11-15-26(27,5)24(21)13-14-25(22,23)4/h18-24H,6-17H2,1-5H3. The van der Waals surface area contributed by atoms with Gasteiger partial charge in [-0.1, -0.05) is 85.7 Å². The molecule has 0 amide bonds. The van der Waals surface area contributed by atoms with Gasteiger partial charge in [0.1, 0.15) is 0 Å². The van der Waals surface area contributed by atoms with Crippen LogP contribution in [0.15, 0.2) is 0 Å². The van der Waals surface area contributed by atoms with E-state index in [0.29, 0.717) is 15.2 Å². The monoisotopic (exact) mass is 528 g/mol. The van der Waals surface area contributed by atoms with Crippen molar-refractivity contribution in [1.29, 1.82) is 0 Å². The zero-order valence-corrected chi connectivity index (χ0v) is 23.0. The molecule has 0 N–H and O–H groups in total. The Morgan fingerprint density at radius 1 is 0.862 bits per heavy atom. The molecule has 4 rings (SSSR count). The van der Waals surface area contributed by atoms with Crippen LogP contribution in [-0.4, -0.2) is 9.15 Å². The van der Waals surface area contributed by atoms with Gasteiger partial charge in [0.15, 0.2) is 0 Å². The molecular formula is C27H46Br2. The Balaban J connectivity index is 1.49. The van der Waals surface area contributed by atoms with Crippen molar-refractivity contribution < 1.29 is 0 Å². The van der Waals surface area contributed by atoms with Crippen LogP contribution in [0.2, 0.25) is 0 Å². The molecule has 0 heterocycles. The van der Waals surface area contributed by atoms with Crippen molar-refractivity contribution in [3.63, 3.8) is 0 Å². The Bertz CT molecular complexity index is 587. The Morgan fingerprint density at radius 3 is 2.34 bits per heavy atom. The van der Waals surface area contributed by atoms with Crippen LogP contribution in [0.1, 0.15) is 112 Å². The van der Waals surface area contributed by atoms with Crippen molar-refractivity contribution in [3.05, 3.63) is 0 Å². The molecule has 9 atom stereocenters. The summed E-state index contributed by atoms with van der Waals surface area (Å²) in [4.78, 5) is 0.725. The number of rotatable bonds is 5. The van der Waals surface area contributed by atoms with Crippen LogP contribution in [0.25, 0.3) is 0 Å². The maximum absolute atomic E-state index is 4.36. The summed E-state index contributed by atoms with van der Waals surface area (Å²) in [5, 5.41) is 0. The highest BCUT2D eigenvalue weighted by atomic mass is 79.9. The molecule has 0 aliphatic heterocycles. The van der Waals surface area contributed by atoms with E-state index in [9.17, 15) is 0 Å². The third-order valence-electron chi connectivity index (χ3n) is 10.9. The van der Waals surface area contributed by atoms with E-state index in [4.69, 9.17) is 0 Å². The highest BCUT2D eigenvalue weighted by molar-refractivity contribution is 9.10. The summed E-state index contributed by atoms with van der Waals surface area (Å²) in [6, 6.07) is 0. The van der Waals surface area contributed by atoms with Crippen molar-refractivity contribution in [2.24, 2.45) is 46.3 Å². The molecule has 0 aromatic heterocycles. The maximum Gasteiger partial charge on any atom is 0.0325 e. The van der Waals surface area contributed by atoms with Gasteiger partial charge in [0.2, 0.25) is 0 Å². The first-order valence-electron chi connectivity index (χ1n) is 12.9. The van der Waals surface area contributed by atoms with Crippen molar-refractivity contribution in [1.82, 2.24) is 0 Å². The molecule has 4 aliphatic carbocycles. The maximum atomic E-state index is 4.36. The van der Waals surface area contributed by atoms with Gasteiger partial charge in [-0.2, -0.15) is 0 Å². The number of halogens is 2. The minimum absolute atomic E-state index is 0.392. The summed E-state index contributed by atoms with van der Waals surface area (Å²) in [6.45, 7) is 12.8. The second-order valence-electron chi connectivity index (χ2n) is 12.7. The highest BCUT2D eigenvalue weighted by Crippen LogP contribution is 2.71. The quantitative estimate of drug-likeness (QED) is 0.311. The molecule has 29 heavy (non-hydrogen) atoms. The van der Waals surface area contributed by atoms with E-state index < -0.39 is 0 Å². The van der Waals surface area contributed by atoms with E-state index in [1.54, 1.807) is 0 Å². The van der Waals surface area contributed by atoms with Gasteiger partial charge in [0.25, 0.3) is 0 Å². The molecule has 4 aliphatic rings. The van der Waals surface area contributed by atoms with Gasteiger partial charge in [-0.3, -0.25) is 0 Å². The first-order chi connectivity index (χ1) is 13.6. The van der Waals surface area contributed by atoms with Crippen LogP contribution in [0.4, 0.5) is 0 Å². The topological polar surface area (TPSA) is 0 Å². The predicted octanol–water partition coefficient (Wildman–Crippen LogP) is 9.39. The van der Waals surface area contributed by atoms with Crippen molar-refractivity contribution in [2.75, 3.05) is 0 Å². The molecule has 4 fully saturated rings. The van der Waals surface area contributed by atoms with Crippen LogP contribution in [0, 0.1) is 46.3 Å². The molecule has 9 unspecified atom stereocenters. The van der Waals surface area contributed by atoms with E-state index in [1.807, 2.05) is 0 Å². The van der Waals surface area contributed by atoms with Gasteiger partial charge in [-0.25, -0.2) is 0 Å². The average Bonchev–Trinajstić information content (AvgIpc) is 2.99.